The number of benzene rings is 2. The van der Waals surface area contributed by atoms with Crippen LogP contribution in [0.25, 0.3) is 0 Å². The molecule has 4 heteroatoms. The van der Waals surface area contributed by atoms with Crippen molar-refractivity contribution in [1.82, 2.24) is 0 Å². The molecule has 0 saturated heterocycles. The van der Waals surface area contributed by atoms with Gasteiger partial charge in [-0.1, -0.05) is 59.1 Å². The minimum atomic E-state index is 0.0893. The van der Waals surface area contributed by atoms with Gasteiger partial charge in [0.25, 0.3) is 0 Å². The Morgan fingerprint density at radius 3 is 2.26 bits per heavy atom. The molecule has 2 aromatic carbocycles. The molecule has 0 unspecified atom stereocenters. The van der Waals surface area contributed by atoms with Crippen LogP contribution in [0, 0.1) is 0 Å². The minimum absolute atomic E-state index is 0.0893. The van der Waals surface area contributed by atoms with E-state index in [-0.39, 0.29) is 5.78 Å². The number of halogens is 3. The maximum Gasteiger partial charge on any atom is 0.141 e. The van der Waals surface area contributed by atoms with Gasteiger partial charge in [0, 0.05) is 17.9 Å². The summed E-state index contributed by atoms with van der Waals surface area (Å²) in [6.45, 7) is 0. The Bertz CT molecular complexity index is 608. The van der Waals surface area contributed by atoms with Gasteiger partial charge in [-0.25, -0.2) is 0 Å². The molecule has 0 aromatic heterocycles. The molecule has 0 N–H and O–H groups in total. The zero-order chi connectivity index (χ0) is 13.8. The average Bonchev–Trinajstić information content (AvgIpc) is 2.37. The molecular weight excluding hydrogens is 303 g/mol. The third-order valence-electron chi connectivity index (χ3n) is 2.73. The smallest absolute Gasteiger partial charge is 0.141 e. The summed E-state index contributed by atoms with van der Waals surface area (Å²) in [7, 11) is 0. The molecule has 2 rings (SSSR count). The lowest BCUT2D eigenvalue weighted by Crippen LogP contribution is -2.06. The topological polar surface area (TPSA) is 17.1 Å². The van der Waals surface area contributed by atoms with Crippen molar-refractivity contribution in [2.75, 3.05) is 0 Å². The van der Waals surface area contributed by atoms with Crippen LogP contribution in [0.15, 0.2) is 42.5 Å². The second kappa shape index (κ2) is 6.42. The fourth-order valence-electron chi connectivity index (χ4n) is 1.79. The SMILES string of the molecule is O=C(Cc1ccc(Cl)c(Cl)c1)Cc1ccccc1Cl. The molecule has 98 valence electrons. The Kier molecular flexibility index (Phi) is 4.87. The van der Waals surface area contributed by atoms with E-state index in [9.17, 15) is 4.79 Å². The normalized spacial score (nSPS) is 10.5. The van der Waals surface area contributed by atoms with Gasteiger partial charge in [-0.15, -0.1) is 0 Å². The zero-order valence-electron chi connectivity index (χ0n) is 10.00. The number of hydrogen-bond acceptors (Lipinski definition) is 1. The first kappa shape index (κ1) is 14.4. The Morgan fingerprint density at radius 2 is 1.58 bits per heavy atom. The average molecular weight is 314 g/mol. The van der Waals surface area contributed by atoms with Crippen LogP contribution in [0.5, 0.6) is 0 Å². The van der Waals surface area contributed by atoms with Crippen LogP contribution < -0.4 is 0 Å². The summed E-state index contributed by atoms with van der Waals surface area (Å²) in [5.41, 5.74) is 1.70. The van der Waals surface area contributed by atoms with E-state index in [0.29, 0.717) is 27.9 Å². The molecule has 0 bridgehead atoms. The van der Waals surface area contributed by atoms with Gasteiger partial charge in [0.05, 0.1) is 10.0 Å². The second-order valence-corrected chi connectivity index (χ2v) is 5.45. The van der Waals surface area contributed by atoms with Gasteiger partial charge in [-0.2, -0.15) is 0 Å². The molecule has 0 radical (unpaired) electrons. The number of ketones is 1. The lowest BCUT2D eigenvalue weighted by Gasteiger charge is -2.05. The maximum atomic E-state index is 12.0. The van der Waals surface area contributed by atoms with Gasteiger partial charge >= 0.3 is 0 Å². The summed E-state index contributed by atoms with van der Waals surface area (Å²) in [5, 5.41) is 1.57. The first-order chi connectivity index (χ1) is 9.06. The summed E-state index contributed by atoms with van der Waals surface area (Å²) in [5.74, 6) is 0.0893. The van der Waals surface area contributed by atoms with Gasteiger partial charge in [0.15, 0.2) is 0 Å². The predicted molar refractivity (Wildman–Crippen MR) is 80.3 cm³/mol. The van der Waals surface area contributed by atoms with Crippen LogP contribution in [0.4, 0.5) is 0 Å². The first-order valence-corrected chi connectivity index (χ1v) is 6.88. The Morgan fingerprint density at radius 1 is 0.842 bits per heavy atom. The minimum Gasteiger partial charge on any atom is -0.299 e. The van der Waals surface area contributed by atoms with Crippen LogP contribution in [0.2, 0.25) is 15.1 Å². The third-order valence-corrected chi connectivity index (χ3v) is 3.84. The van der Waals surface area contributed by atoms with E-state index < -0.39 is 0 Å². The standard InChI is InChI=1S/C15H11Cl3O/c16-13-4-2-1-3-11(13)9-12(19)7-10-5-6-14(17)15(18)8-10/h1-6,8H,7,9H2. The lowest BCUT2D eigenvalue weighted by molar-refractivity contribution is -0.117. The summed E-state index contributed by atoms with van der Waals surface area (Å²) < 4.78 is 0. The highest BCUT2D eigenvalue weighted by molar-refractivity contribution is 6.42. The van der Waals surface area contributed by atoms with Gasteiger partial charge in [-0.05, 0) is 29.3 Å². The van der Waals surface area contributed by atoms with E-state index in [4.69, 9.17) is 34.8 Å². The van der Waals surface area contributed by atoms with Crippen LogP contribution >= 0.6 is 34.8 Å². The molecule has 0 aliphatic rings. The zero-order valence-corrected chi connectivity index (χ0v) is 12.3. The highest BCUT2D eigenvalue weighted by atomic mass is 35.5. The van der Waals surface area contributed by atoms with E-state index in [1.165, 1.54) is 0 Å². The second-order valence-electron chi connectivity index (χ2n) is 4.23. The van der Waals surface area contributed by atoms with Gasteiger partial charge < -0.3 is 0 Å². The third kappa shape index (κ3) is 3.97. The molecule has 0 amide bonds. The van der Waals surface area contributed by atoms with E-state index in [2.05, 4.69) is 0 Å². The highest BCUT2D eigenvalue weighted by Crippen LogP contribution is 2.23. The lowest BCUT2D eigenvalue weighted by atomic mass is 10.0. The molecule has 1 nitrogen and oxygen atoms in total. The summed E-state index contributed by atoms with van der Waals surface area (Å²) in [6.07, 6.45) is 0.641. The van der Waals surface area contributed by atoms with Crippen molar-refractivity contribution in [1.29, 1.82) is 0 Å². The monoisotopic (exact) mass is 312 g/mol. The molecule has 0 aliphatic carbocycles. The predicted octanol–water partition coefficient (Wildman–Crippen LogP) is 5.00. The first-order valence-electron chi connectivity index (χ1n) is 5.75. The summed E-state index contributed by atoms with van der Waals surface area (Å²) in [4.78, 5) is 12.0. The van der Waals surface area contributed by atoms with Crippen LogP contribution in [0.1, 0.15) is 11.1 Å². The van der Waals surface area contributed by atoms with E-state index >= 15 is 0 Å². The largest absolute Gasteiger partial charge is 0.299 e. The Labute approximate surface area is 127 Å². The van der Waals surface area contributed by atoms with Crippen molar-refractivity contribution >= 4 is 40.6 Å². The molecule has 0 fully saturated rings. The Hall–Kier alpha value is -1.02. The molecule has 0 atom stereocenters. The number of rotatable bonds is 4. The number of Topliss-reactive ketones (excluding diaryl/α,β-unsaturated/α-hetero) is 1. The van der Waals surface area contributed by atoms with E-state index in [0.717, 1.165) is 11.1 Å². The summed E-state index contributed by atoms with van der Waals surface area (Å²) >= 11 is 17.8. The van der Waals surface area contributed by atoms with Crippen molar-refractivity contribution in [3.63, 3.8) is 0 Å². The van der Waals surface area contributed by atoms with E-state index in [1.807, 2.05) is 18.2 Å². The van der Waals surface area contributed by atoms with Crippen molar-refractivity contribution in [3.8, 4) is 0 Å². The molecule has 0 aliphatic heterocycles. The number of carbonyl (C=O) groups excluding carboxylic acids is 1. The fourth-order valence-corrected chi connectivity index (χ4v) is 2.32. The van der Waals surface area contributed by atoms with E-state index in [1.54, 1.807) is 24.3 Å². The van der Waals surface area contributed by atoms with Crippen molar-refractivity contribution in [2.45, 2.75) is 12.8 Å². The van der Waals surface area contributed by atoms with Gasteiger partial charge in [0.1, 0.15) is 5.78 Å². The van der Waals surface area contributed by atoms with Crippen molar-refractivity contribution < 1.29 is 4.79 Å². The molecular formula is C15H11Cl3O. The quantitative estimate of drug-likeness (QED) is 0.776. The highest BCUT2D eigenvalue weighted by Gasteiger charge is 2.09. The molecule has 0 spiro atoms. The molecule has 19 heavy (non-hydrogen) atoms. The number of hydrogen-bond donors (Lipinski definition) is 0. The van der Waals surface area contributed by atoms with Crippen LogP contribution in [-0.2, 0) is 17.6 Å². The van der Waals surface area contributed by atoms with Crippen LogP contribution in [-0.4, -0.2) is 5.78 Å². The molecule has 2 aromatic rings. The van der Waals surface area contributed by atoms with Crippen LogP contribution in [0.3, 0.4) is 0 Å². The van der Waals surface area contributed by atoms with Gasteiger partial charge in [-0.3, -0.25) is 4.79 Å². The van der Waals surface area contributed by atoms with Crippen molar-refractivity contribution in [3.05, 3.63) is 68.7 Å². The molecule has 0 heterocycles. The fraction of sp³-hybridized carbons (Fsp3) is 0.133. The maximum absolute atomic E-state index is 12.0. The van der Waals surface area contributed by atoms with Crippen molar-refractivity contribution in [2.24, 2.45) is 0 Å². The summed E-state index contributed by atoms with van der Waals surface area (Å²) in [6, 6.07) is 12.6. The van der Waals surface area contributed by atoms with Gasteiger partial charge in [0.2, 0.25) is 0 Å². The Balaban J connectivity index is 2.05. The molecule has 0 saturated carbocycles. The number of carbonyl (C=O) groups is 1.